The lowest BCUT2D eigenvalue weighted by Crippen LogP contribution is -2.42. The Labute approximate surface area is 150 Å². The molecule has 0 N–H and O–H groups in total. The van der Waals surface area contributed by atoms with E-state index in [1.165, 1.54) is 4.90 Å². The average molecular weight is 386 g/mol. The van der Waals surface area contributed by atoms with Crippen LogP contribution in [0.1, 0.15) is 6.42 Å². The van der Waals surface area contributed by atoms with Gasteiger partial charge in [-0.25, -0.2) is 9.18 Å². The fraction of sp³-hybridized carbons (Fsp3) is 0.500. The minimum atomic E-state index is -3.61. The van der Waals surface area contributed by atoms with E-state index in [0.29, 0.717) is 12.2 Å². The van der Waals surface area contributed by atoms with Crippen LogP contribution < -0.4 is 9.80 Å². The third-order valence-corrected chi connectivity index (χ3v) is 4.79. The molecule has 1 amide bonds. The van der Waals surface area contributed by atoms with Gasteiger partial charge in [0.25, 0.3) is 10.1 Å². The summed E-state index contributed by atoms with van der Waals surface area (Å²) < 4.78 is 45.4. The van der Waals surface area contributed by atoms with Crippen LogP contribution in [0.25, 0.3) is 0 Å². The summed E-state index contributed by atoms with van der Waals surface area (Å²) in [7, 11) is -3.61. The van der Waals surface area contributed by atoms with Crippen molar-refractivity contribution in [3.8, 4) is 0 Å². The molecule has 2 heterocycles. The van der Waals surface area contributed by atoms with E-state index in [1.807, 2.05) is 0 Å². The second-order valence-electron chi connectivity index (χ2n) is 6.25. The summed E-state index contributed by atoms with van der Waals surface area (Å²) >= 11 is 0. The van der Waals surface area contributed by atoms with Crippen molar-refractivity contribution < 1.29 is 31.3 Å². The van der Waals surface area contributed by atoms with Crippen molar-refractivity contribution in [1.82, 2.24) is 0 Å². The van der Waals surface area contributed by atoms with Crippen molar-refractivity contribution in [3.63, 3.8) is 0 Å². The number of Topliss-reactive ketones (excluding diaryl/α,β-unsaturated/α-hetero) is 1. The molecule has 2 aliphatic rings. The van der Waals surface area contributed by atoms with Crippen LogP contribution in [-0.4, -0.2) is 65.1 Å². The zero-order valence-electron chi connectivity index (χ0n) is 14.1. The molecule has 1 aromatic rings. The second kappa shape index (κ2) is 7.20. The molecular formula is C16H19FN2O6S. The van der Waals surface area contributed by atoms with Gasteiger partial charge in [0.05, 0.1) is 19.3 Å². The van der Waals surface area contributed by atoms with Crippen molar-refractivity contribution in [2.24, 2.45) is 0 Å². The molecule has 142 valence electrons. The number of hydrogen-bond acceptors (Lipinski definition) is 7. The van der Waals surface area contributed by atoms with E-state index in [2.05, 4.69) is 4.18 Å². The SMILES string of the molecule is CS(=O)(=O)OC[C@H]1CN(c2ccc(N3CCC(=O)C(F)C3)cc2)C(=O)O1. The summed E-state index contributed by atoms with van der Waals surface area (Å²) in [4.78, 5) is 26.4. The first-order valence-electron chi connectivity index (χ1n) is 8.07. The summed E-state index contributed by atoms with van der Waals surface area (Å²) in [5, 5.41) is 0. The van der Waals surface area contributed by atoms with Gasteiger partial charge in [0, 0.05) is 24.3 Å². The first kappa shape index (κ1) is 18.6. The lowest BCUT2D eigenvalue weighted by Gasteiger charge is -2.30. The van der Waals surface area contributed by atoms with Crippen LogP contribution in [0.5, 0.6) is 0 Å². The fourth-order valence-electron chi connectivity index (χ4n) is 2.88. The Morgan fingerprint density at radius 2 is 1.85 bits per heavy atom. The van der Waals surface area contributed by atoms with Crippen LogP contribution in [0.15, 0.2) is 24.3 Å². The number of piperidine rings is 1. The molecule has 0 bridgehead atoms. The van der Waals surface area contributed by atoms with Gasteiger partial charge >= 0.3 is 6.09 Å². The zero-order valence-corrected chi connectivity index (χ0v) is 14.9. The van der Waals surface area contributed by atoms with Gasteiger partial charge in [-0.3, -0.25) is 13.9 Å². The van der Waals surface area contributed by atoms with E-state index in [-0.39, 0.29) is 31.9 Å². The van der Waals surface area contributed by atoms with Crippen LogP contribution >= 0.6 is 0 Å². The van der Waals surface area contributed by atoms with E-state index in [9.17, 15) is 22.4 Å². The Bertz CT molecular complexity index is 797. The molecule has 0 spiro atoms. The van der Waals surface area contributed by atoms with E-state index in [4.69, 9.17) is 4.74 Å². The molecule has 0 aromatic heterocycles. The maximum atomic E-state index is 13.6. The number of nitrogens with zero attached hydrogens (tertiary/aromatic N) is 2. The second-order valence-corrected chi connectivity index (χ2v) is 7.90. The standard InChI is InChI=1S/C16H19FN2O6S/c1-26(22,23)24-10-13-8-19(16(21)25-13)12-4-2-11(3-5-12)18-7-6-15(20)14(17)9-18/h2-5,13-14H,6-10H2,1H3/t13-,14?/m1/s1. The number of carbonyl (C=O) groups excluding carboxylic acids is 2. The first-order chi connectivity index (χ1) is 12.2. The highest BCUT2D eigenvalue weighted by atomic mass is 32.2. The van der Waals surface area contributed by atoms with Crippen LogP contribution in [0.4, 0.5) is 20.6 Å². The van der Waals surface area contributed by atoms with Crippen molar-refractivity contribution in [2.75, 3.05) is 42.3 Å². The topological polar surface area (TPSA) is 93.2 Å². The zero-order chi connectivity index (χ0) is 18.9. The molecular weight excluding hydrogens is 367 g/mol. The maximum absolute atomic E-state index is 13.6. The Morgan fingerprint density at radius 3 is 2.46 bits per heavy atom. The third-order valence-electron chi connectivity index (χ3n) is 4.23. The van der Waals surface area contributed by atoms with Crippen molar-refractivity contribution >= 4 is 33.4 Å². The molecule has 1 aromatic carbocycles. The van der Waals surface area contributed by atoms with Crippen LogP contribution in [-0.2, 0) is 23.8 Å². The summed E-state index contributed by atoms with van der Waals surface area (Å²) in [6.45, 7) is 0.404. The minimum Gasteiger partial charge on any atom is -0.441 e. The molecule has 0 radical (unpaired) electrons. The highest BCUT2D eigenvalue weighted by Crippen LogP contribution is 2.26. The lowest BCUT2D eigenvalue weighted by atomic mass is 10.1. The largest absolute Gasteiger partial charge is 0.441 e. The molecule has 0 saturated carbocycles. The fourth-order valence-corrected chi connectivity index (χ4v) is 3.28. The van der Waals surface area contributed by atoms with Gasteiger partial charge in [-0.1, -0.05) is 0 Å². The molecule has 1 unspecified atom stereocenters. The smallest absolute Gasteiger partial charge is 0.414 e. The summed E-state index contributed by atoms with van der Waals surface area (Å²) in [6, 6.07) is 6.87. The molecule has 26 heavy (non-hydrogen) atoms. The molecule has 2 aliphatic heterocycles. The molecule has 8 nitrogen and oxygen atoms in total. The number of carbonyl (C=O) groups is 2. The molecule has 2 atom stereocenters. The van der Waals surface area contributed by atoms with Crippen molar-refractivity contribution in [1.29, 1.82) is 0 Å². The minimum absolute atomic E-state index is 0.0227. The number of halogens is 1. The average Bonchev–Trinajstić information content (AvgIpc) is 2.96. The van der Waals surface area contributed by atoms with Gasteiger partial charge in [0.2, 0.25) is 0 Å². The van der Waals surface area contributed by atoms with E-state index < -0.39 is 28.5 Å². The number of ketones is 1. The first-order valence-corrected chi connectivity index (χ1v) is 9.89. The van der Waals surface area contributed by atoms with E-state index in [1.54, 1.807) is 29.2 Å². The molecule has 2 fully saturated rings. The van der Waals surface area contributed by atoms with Crippen LogP contribution in [0, 0.1) is 0 Å². The third kappa shape index (κ3) is 4.31. The number of cyclic esters (lactones) is 1. The number of hydrogen-bond donors (Lipinski definition) is 0. The summed E-state index contributed by atoms with van der Waals surface area (Å²) in [6.07, 6.45) is -1.66. The van der Waals surface area contributed by atoms with Gasteiger partial charge in [-0.05, 0) is 24.3 Å². The monoisotopic (exact) mass is 386 g/mol. The van der Waals surface area contributed by atoms with Gasteiger partial charge in [0.1, 0.15) is 12.7 Å². The van der Waals surface area contributed by atoms with Crippen molar-refractivity contribution in [2.45, 2.75) is 18.7 Å². The highest BCUT2D eigenvalue weighted by molar-refractivity contribution is 7.85. The van der Waals surface area contributed by atoms with E-state index in [0.717, 1.165) is 11.9 Å². The number of anilines is 2. The number of rotatable bonds is 5. The number of ether oxygens (including phenoxy) is 1. The van der Waals surface area contributed by atoms with Crippen LogP contribution in [0.3, 0.4) is 0 Å². The van der Waals surface area contributed by atoms with Gasteiger partial charge < -0.3 is 9.64 Å². The molecule has 3 rings (SSSR count). The Morgan fingerprint density at radius 1 is 1.19 bits per heavy atom. The maximum Gasteiger partial charge on any atom is 0.414 e. The molecule has 0 aliphatic carbocycles. The molecule has 10 heteroatoms. The normalized spacial score (nSPS) is 24.1. The number of alkyl halides is 1. The Balaban J connectivity index is 1.63. The highest BCUT2D eigenvalue weighted by Gasteiger charge is 2.33. The Hall–Kier alpha value is -2.20. The number of amides is 1. The van der Waals surface area contributed by atoms with E-state index >= 15 is 0 Å². The van der Waals surface area contributed by atoms with Crippen LogP contribution in [0.2, 0.25) is 0 Å². The predicted molar refractivity (Wildman–Crippen MR) is 91.6 cm³/mol. The number of benzene rings is 1. The van der Waals surface area contributed by atoms with Crippen molar-refractivity contribution in [3.05, 3.63) is 24.3 Å². The summed E-state index contributed by atoms with van der Waals surface area (Å²) in [5.41, 5.74) is 1.33. The predicted octanol–water partition coefficient (Wildman–Crippen LogP) is 1.11. The molecule has 2 saturated heterocycles. The van der Waals surface area contributed by atoms with Gasteiger partial charge in [-0.2, -0.15) is 8.42 Å². The summed E-state index contributed by atoms with van der Waals surface area (Å²) in [5.74, 6) is -0.375. The van der Waals surface area contributed by atoms with Gasteiger partial charge in [-0.15, -0.1) is 0 Å². The quantitative estimate of drug-likeness (QED) is 0.700. The van der Waals surface area contributed by atoms with Gasteiger partial charge in [0.15, 0.2) is 12.0 Å². The Kier molecular flexibility index (Phi) is 5.15. The lowest BCUT2D eigenvalue weighted by molar-refractivity contribution is -0.124.